The number of fused-ring (bicyclic) bond motifs is 2. The summed E-state index contributed by atoms with van der Waals surface area (Å²) in [4.78, 5) is 14.4. The van der Waals surface area contributed by atoms with Gasteiger partial charge in [-0.1, -0.05) is 0 Å². The van der Waals surface area contributed by atoms with E-state index < -0.39 is 0 Å². The summed E-state index contributed by atoms with van der Waals surface area (Å²) in [5.41, 5.74) is 3.90. The van der Waals surface area contributed by atoms with Gasteiger partial charge >= 0.3 is 0 Å². The van der Waals surface area contributed by atoms with Gasteiger partial charge in [0.25, 0.3) is 0 Å². The van der Waals surface area contributed by atoms with Crippen molar-refractivity contribution in [2.45, 2.75) is 0 Å². The molecule has 0 radical (unpaired) electrons. The van der Waals surface area contributed by atoms with E-state index in [0.29, 0.717) is 22.5 Å². The normalized spacial score (nSPS) is 11.0. The fourth-order valence-electron chi connectivity index (χ4n) is 2.47. The number of rotatable bonds is 1. The Kier molecular flexibility index (Phi) is 2.23. The predicted molar refractivity (Wildman–Crippen MR) is 77.6 cm³/mol. The Morgan fingerprint density at radius 3 is 2.95 bits per heavy atom. The molecular formula is C15H9N5O. The molecule has 0 aliphatic rings. The Morgan fingerprint density at radius 2 is 2.10 bits per heavy atom. The molecule has 0 saturated carbocycles. The molecule has 3 aromatic heterocycles. The van der Waals surface area contributed by atoms with Gasteiger partial charge in [0.15, 0.2) is 11.5 Å². The number of pyridine rings is 1. The van der Waals surface area contributed by atoms with Crippen molar-refractivity contribution in [2.75, 3.05) is 0 Å². The molecule has 0 spiro atoms. The number of nitrogens with one attached hydrogen (secondary N) is 2. The zero-order valence-electron chi connectivity index (χ0n) is 10.8. The molecule has 6 nitrogen and oxygen atoms in total. The number of aromatic amines is 2. The lowest BCUT2D eigenvalue weighted by atomic mass is 10.1. The highest BCUT2D eigenvalue weighted by atomic mass is 16.3. The molecule has 0 unspecified atom stereocenters. The smallest absolute Gasteiger partial charge is 0.199 e. The highest BCUT2D eigenvalue weighted by Crippen LogP contribution is 2.36. The quantitative estimate of drug-likeness (QED) is 0.497. The van der Waals surface area contributed by atoms with E-state index >= 15 is 0 Å². The van der Waals surface area contributed by atoms with Crippen molar-refractivity contribution in [1.82, 2.24) is 19.9 Å². The van der Waals surface area contributed by atoms with E-state index in [1.807, 2.05) is 6.07 Å². The molecule has 0 atom stereocenters. The van der Waals surface area contributed by atoms with Gasteiger partial charge in [0, 0.05) is 10.9 Å². The van der Waals surface area contributed by atoms with Gasteiger partial charge < -0.3 is 15.1 Å². The van der Waals surface area contributed by atoms with Crippen LogP contribution in [0.4, 0.5) is 0 Å². The van der Waals surface area contributed by atoms with Crippen molar-refractivity contribution in [2.24, 2.45) is 0 Å². The van der Waals surface area contributed by atoms with Crippen LogP contribution in [0.1, 0.15) is 5.56 Å². The van der Waals surface area contributed by atoms with Gasteiger partial charge in [0.1, 0.15) is 5.52 Å². The lowest BCUT2D eigenvalue weighted by Gasteiger charge is -2.00. The Bertz CT molecular complexity index is 1020. The number of benzene rings is 1. The van der Waals surface area contributed by atoms with Crippen LogP contribution < -0.4 is 0 Å². The first-order chi connectivity index (χ1) is 10.3. The topological polar surface area (TPSA) is 101 Å². The number of aromatic hydroxyl groups is 1. The number of nitriles is 1. The molecule has 6 heteroatoms. The molecule has 4 rings (SSSR count). The van der Waals surface area contributed by atoms with Crippen LogP contribution in [0.3, 0.4) is 0 Å². The molecule has 21 heavy (non-hydrogen) atoms. The van der Waals surface area contributed by atoms with Crippen LogP contribution in [-0.2, 0) is 0 Å². The Balaban J connectivity index is 2.04. The van der Waals surface area contributed by atoms with Crippen molar-refractivity contribution in [3.63, 3.8) is 0 Å². The standard InChI is InChI=1S/C15H9N5O/c16-6-8-1-2-10-9(5-8)13(15(21)20-10)11-3-4-12-14(19-11)18-7-17-12/h1-5,7,20-21H,(H,17,18,19). The Morgan fingerprint density at radius 1 is 1.19 bits per heavy atom. The second-order valence-corrected chi connectivity index (χ2v) is 4.69. The lowest BCUT2D eigenvalue weighted by molar-refractivity contribution is 0.460. The van der Waals surface area contributed by atoms with Crippen LogP contribution in [0.2, 0.25) is 0 Å². The number of hydrogen-bond donors (Lipinski definition) is 3. The summed E-state index contributed by atoms with van der Waals surface area (Å²) in [5, 5.41) is 20.0. The first-order valence-corrected chi connectivity index (χ1v) is 6.31. The molecular weight excluding hydrogens is 266 g/mol. The van der Waals surface area contributed by atoms with Crippen LogP contribution in [-0.4, -0.2) is 25.0 Å². The molecule has 1 aromatic carbocycles. The molecule has 3 heterocycles. The molecule has 0 amide bonds. The maximum atomic E-state index is 10.2. The van der Waals surface area contributed by atoms with Gasteiger partial charge in [0.2, 0.25) is 0 Å². The molecule has 0 bridgehead atoms. The van der Waals surface area contributed by atoms with E-state index in [0.717, 1.165) is 16.4 Å². The van der Waals surface area contributed by atoms with Gasteiger partial charge in [-0.25, -0.2) is 9.97 Å². The minimum atomic E-state index is 0.0338. The van der Waals surface area contributed by atoms with Gasteiger partial charge in [-0.05, 0) is 30.3 Å². The summed E-state index contributed by atoms with van der Waals surface area (Å²) in [6.45, 7) is 0. The SMILES string of the molecule is N#Cc1ccc2[nH]c(O)c(-c3ccc4nc[nH]c4n3)c2c1. The average Bonchev–Trinajstić information content (AvgIpc) is 3.08. The molecule has 3 N–H and O–H groups in total. The summed E-state index contributed by atoms with van der Waals surface area (Å²) in [6, 6.07) is 10.9. The molecule has 4 aromatic rings. The largest absolute Gasteiger partial charge is 0.494 e. The molecule has 0 saturated heterocycles. The number of nitrogens with zero attached hydrogens (tertiary/aromatic N) is 3. The van der Waals surface area contributed by atoms with E-state index in [1.54, 1.807) is 30.6 Å². The number of hydrogen-bond acceptors (Lipinski definition) is 4. The summed E-state index contributed by atoms with van der Waals surface area (Å²) >= 11 is 0. The van der Waals surface area contributed by atoms with Gasteiger partial charge in [0.05, 0.1) is 29.2 Å². The van der Waals surface area contributed by atoms with Crippen LogP contribution in [0.5, 0.6) is 5.88 Å². The summed E-state index contributed by atoms with van der Waals surface area (Å²) in [5.74, 6) is 0.0338. The van der Waals surface area contributed by atoms with Gasteiger partial charge in [-0.2, -0.15) is 5.26 Å². The molecule has 100 valence electrons. The Labute approximate surface area is 118 Å². The fourth-order valence-corrected chi connectivity index (χ4v) is 2.47. The van der Waals surface area contributed by atoms with E-state index in [9.17, 15) is 5.11 Å². The van der Waals surface area contributed by atoms with Crippen LogP contribution in [0.15, 0.2) is 36.7 Å². The number of imidazole rings is 1. The maximum absolute atomic E-state index is 10.2. The van der Waals surface area contributed by atoms with Crippen molar-refractivity contribution in [3.8, 4) is 23.2 Å². The van der Waals surface area contributed by atoms with Crippen molar-refractivity contribution >= 4 is 22.1 Å². The molecule has 0 aliphatic heterocycles. The highest BCUT2D eigenvalue weighted by molar-refractivity contribution is 5.99. The Hall–Kier alpha value is -3.33. The minimum absolute atomic E-state index is 0.0338. The molecule has 0 fully saturated rings. The van der Waals surface area contributed by atoms with E-state index in [-0.39, 0.29) is 5.88 Å². The van der Waals surface area contributed by atoms with E-state index in [4.69, 9.17) is 5.26 Å². The average molecular weight is 275 g/mol. The summed E-state index contributed by atoms with van der Waals surface area (Å²) < 4.78 is 0. The fraction of sp³-hybridized carbons (Fsp3) is 0. The van der Waals surface area contributed by atoms with Gasteiger partial charge in [-0.3, -0.25) is 0 Å². The van der Waals surface area contributed by atoms with Crippen molar-refractivity contribution in [1.29, 1.82) is 5.26 Å². The minimum Gasteiger partial charge on any atom is -0.494 e. The second kappa shape index (κ2) is 4.08. The maximum Gasteiger partial charge on any atom is 0.199 e. The second-order valence-electron chi connectivity index (χ2n) is 4.69. The summed E-state index contributed by atoms with van der Waals surface area (Å²) in [7, 11) is 0. The highest BCUT2D eigenvalue weighted by Gasteiger charge is 2.15. The van der Waals surface area contributed by atoms with Crippen LogP contribution in [0.25, 0.3) is 33.3 Å². The predicted octanol–water partition coefficient (Wildman–Crippen LogP) is 2.68. The van der Waals surface area contributed by atoms with Gasteiger partial charge in [-0.15, -0.1) is 0 Å². The van der Waals surface area contributed by atoms with Crippen LogP contribution >= 0.6 is 0 Å². The third-order valence-electron chi connectivity index (χ3n) is 3.44. The van der Waals surface area contributed by atoms with Crippen molar-refractivity contribution in [3.05, 3.63) is 42.2 Å². The van der Waals surface area contributed by atoms with E-state index in [1.165, 1.54) is 0 Å². The zero-order valence-corrected chi connectivity index (χ0v) is 10.8. The third-order valence-corrected chi connectivity index (χ3v) is 3.44. The molecule has 0 aliphatic carbocycles. The monoisotopic (exact) mass is 275 g/mol. The first-order valence-electron chi connectivity index (χ1n) is 6.31. The first kappa shape index (κ1) is 11.5. The lowest BCUT2D eigenvalue weighted by Crippen LogP contribution is -1.84. The van der Waals surface area contributed by atoms with Crippen LogP contribution in [0, 0.1) is 11.3 Å². The number of H-pyrrole nitrogens is 2. The zero-order chi connectivity index (χ0) is 14.4. The number of aromatic nitrogens is 4. The third kappa shape index (κ3) is 1.65. The van der Waals surface area contributed by atoms with Crippen molar-refractivity contribution < 1.29 is 5.11 Å². The van der Waals surface area contributed by atoms with E-state index in [2.05, 4.69) is 26.0 Å². The summed E-state index contributed by atoms with van der Waals surface area (Å²) in [6.07, 6.45) is 1.57.